The van der Waals surface area contributed by atoms with E-state index in [1.807, 2.05) is 44.2 Å². The van der Waals surface area contributed by atoms with Crippen molar-refractivity contribution in [2.24, 2.45) is 5.92 Å². The maximum Gasteiger partial charge on any atom is 0.342 e. The van der Waals surface area contributed by atoms with Crippen molar-refractivity contribution in [2.75, 3.05) is 18.7 Å². The van der Waals surface area contributed by atoms with Gasteiger partial charge in [-0.1, -0.05) is 62.4 Å². The summed E-state index contributed by atoms with van der Waals surface area (Å²) in [5.41, 5.74) is 7.90. The fourth-order valence-electron chi connectivity index (χ4n) is 4.39. The molecule has 0 saturated carbocycles. The van der Waals surface area contributed by atoms with Crippen molar-refractivity contribution in [1.82, 2.24) is 19.6 Å². The number of pyridine rings is 1. The normalized spacial score (nSPS) is 18.7. The standard InChI is InChI=1S/C30H33FN5O6P/c1-20(2)17-39-30(37)25(15-21-9-5-3-6-10-21)35-43(38,42-22-11-7-4-8-12-22)19-40-26-16-23(31)29(41-26)36-18-34-27-24(32)13-14-33-28(27)36/h3-14,16,18,20,25-26,29H,15,17,19H2,1-2H3,(H2,32,33)(H,35,38)/t25-,26-,29+,43?/m0/s1. The van der Waals surface area contributed by atoms with Gasteiger partial charge in [0.15, 0.2) is 30.3 Å². The van der Waals surface area contributed by atoms with Gasteiger partial charge in [0.05, 0.1) is 18.6 Å². The summed E-state index contributed by atoms with van der Waals surface area (Å²) in [7, 11) is -3.99. The van der Waals surface area contributed by atoms with Gasteiger partial charge in [0.2, 0.25) is 0 Å². The number of carbonyl (C=O) groups excluding carboxylic acids is 1. The van der Waals surface area contributed by atoms with Crippen LogP contribution in [0.15, 0.2) is 91.2 Å². The van der Waals surface area contributed by atoms with Crippen LogP contribution < -0.4 is 15.3 Å². The Labute approximate surface area is 248 Å². The SMILES string of the molecule is CC(C)COC(=O)[C@H](Cc1ccccc1)NP(=O)(CO[C@@H]1C=C(F)[C@H](n2cnc3c(N)ccnc32)O1)Oc1ccccc1. The van der Waals surface area contributed by atoms with E-state index in [9.17, 15) is 9.36 Å². The van der Waals surface area contributed by atoms with E-state index in [0.717, 1.165) is 11.6 Å². The van der Waals surface area contributed by atoms with Crippen LogP contribution >= 0.6 is 7.52 Å². The Morgan fingerprint density at radius 1 is 1.12 bits per heavy atom. The number of nitrogens with one attached hydrogen (secondary N) is 1. The van der Waals surface area contributed by atoms with Gasteiger partial charge in [-0.05, 0) is 36.1 Å². The fourth-order valence-corrected chi connectivity index (χ4v) is 6.04. The van der Waals surface area contributed by atoms with Crippen LogP contribution in [-0.2, 0) is 30.0 Å². The van der Waals surface area contributed by atoms with Gasteiger partial charge in [0, 0.05) is 12.3 Å². The number of rotatable bonds is 13. The van der Waals surface area contributed by atoms with E-state index in [2.05, 4.69) is 15.1 Å². The number of nitrogens with two attached hydrogens (primary N) is 1. The fraction of sp³-hybridized carbons (Fsp3) is 0.300. The molecule has 3 heterocycles. The average Bonchev–Trinajstić information content (AvgIpc) is 3.59. The molecule has 0 bridgehead atoms. The number of hydrogen-bond donors (Lipinski definition) is 2. The Morgan fingerprint density at radius 3 is 2.56 bits per heavy atom. The van der Waals surface area contributed by atoms with Crippen LogP contribution in [-0.4, -0.2) is 45.8 Å². The lowest BCUT2D eigenvalue weighted by molar-refractivity contribution is -0.146. The maximum absolute atomic E-state index is 15.1. The van der Waals surface area contributed by atoms with Gasteiger partial charge < -0.3 is 24.5 Å². The van der Waals surface area contributed by atoms with E-state index in [1.54, 1.807) is 36.4 Å². The molecule has 0 aliphatic carbocycles. The number of aromatic nitrogens is 3. The maximum atomic E-state index is 15.1. The van der Waals surface area contributed by atoms with Crippen LogP contribution in [0.4, 0.5) is 10.1 Å². The van der Waals surface area contributed by atoms with Gasteiger partial charge in [0.1, 0.15) is 17.3 Å². The average molecular weight is 610 g/mol. The van der Waals surface area contributed by atoms with Crippen molar-refractivity contribution in [1.29, 1.82) is 0 Å². The summed E-state index contributed by atoms with van der Waals surface area (Å²) >= 11 is 0. The van der Waals surface area contributed by atoms with Gasteiger partial charge in [-0.3, -0.25) is 13.9 Å². The van der Waals surface area contributed by atoms with E-state index in [0.29, 0.717) is 16.9 Å². The number of ether oxygens (including phenoxy) is 3. The first-order valence-electron chi connectivity index (χ1n) is 13.7. The van der Waals surface area contributed by atoms with Crippen LogP contribution in [0.5, 0.6) is 5.75 Å². The van der Waals surface area contributed by atoms with E-state index < -0.39 is 44.2 Å². The minimum Gasteiger partial charge on any atom is -0.464 e. The zero-order valence-electron chi connectivity index (χ0n) is 23.7. The number of carbonyl (C=O) groups is 1. The molecule has 0 fully saturated rings. The first kappa shape index (κ1) is 30.4. The van der Waals surface area contributed by atoms with Crippen molar-refractivity contribution in [3.63, 3.8) is 0 Å². The molecule has 5 rings (SSSR count). The van der Waals surface area contributed by atoms with E-state index in [4.69, 9.17) is 24.5 Å². The first-order chi connectivity index (χ1) is 20.7. The molecule has 0 saturated heterocycles. The number of hydrogen-bond acceptors (Lipinski definition) is 9. The molecular weight excluding hydrogens is 576 g/mol. The van der Waals surface area contributed by atoms with E-state index in [1.165, 1.54) is 17.1 Å². The summed E-state index contributed by atoms with van der Waals surface area (Å²) < 4.78 is 53.7. The zero-order valence-corrected chi connectivity index (χ0v) is 24.6. The van der Waals surface area contributed by atoms with Crippen molar-refractivity contribution in [3.8, 4) is 5.75 Å². The molecule has 11 nitrogen and oxygen atoms in total. The second-order valence-corrected chi connectivity index (χ2v) is 12.4. The molecule has 1 unspecified atom stereocenters. The highest BCUT2D eigenvalue weighted by Gasteiger charge is 2.37. The lowest BCUT2D eigenvalue weighted by atomic mass is 10.1. The number of para-hydroxylation sites is 1. The second-order valence-electron chi connectivity index (χ2n) is 10.4. The Balaban J connectivity index is 1.35. The molecule has 2 aromatic carbocycles. The molecule has 43 heavy (non-hydrogen) atoms. The highest BCUT2D eigenvalue weighted by Crippen LogP contribution is 2.45. The number of esters is 1. The third-order valence-corrected chi connectivity index (χ3v) is 8.12. The highest BCUT2D eigenvalue weighted by molar-refractivity contribution is 7.57. The highest BCUT2D eigenvalue weighted by atomic mass is 31.2. The minimum absolute atomic E-state index is 0.102. The topological polar surface area (TPSA) is 140 Å². The minimum atomic E-state index is -3.99. The molecule has 4 aromatic rings. The summed E-state index contributed by atoms with van der Waals surface area (Å²) in [4.78, 5) is 21.6. The summed E-state index contributed by atoms with van der Waals surface area (Å²) in [5.74, 6) is -0.849. The Morgan fingerprint density at radius 2 is 1.84 bits per heavy atom. The van der Waals surface area contributed by atoms with Gasteiger partial charge in [0.25, 0.3) is 0 Å². The smallest absolute Gasteiger partial charge is 0.342 e. The van der Waals surface area contributed by atoms with Crippen LogP contribution in [0.25, 0.3) is 11.2 Å². The Bertz CT molecular complexity index is 1620. The lowest BCUT2D eigenvalue weighted by Gasteiger charge is -2.26. The number of benzene rings is 2. The zero-order chi connectivity index (χ0) is 30.4. The summed E-state index contributed by atoms with van der Waals surface area (Å²) in [6.45, 7) is 4.03. The molecule has 1 aliphatic rings. The number of imidazole rings is 1. The first-order valence-corrected chi connectivity index (χ1v) is 15.5. The third-order valence-electron chi connectivity index (χ3n) is 6.42. The lowest BCUT2D eigenvalue weighted by Crippen LogP contribution is -2.40. The van der Waals surface area contributed by atoms with Crippen molar-refractivity contribution < 1.29 is 32.5 Å². The predicted octanol–water partition coefficient (Wildman–Crippen LogP) is 5.37. The summed E-state index contributed by atoms with van der Waals surface area (Å²) in [5, 5.41) is 2.88. The van der Waals surface area contributed by atoms with Gasteiger partial charge >= 0.3 is 13.5 Å². The van der Waals surface area contributed by atoms with E-state index >= 15 is 4.39 Å². The second kappa shape index (κ2) is 13.5. The number of nitrogen functional groups attached to an aromatic ring is 1. The number of nitrogens with zero attached hydrogens (tertiary/aromatic N) is 3. The molecule has 13 heteroatoms. The molecule has 0 amide bonds. The molecule has 226 valence electrons. The van der Waals surface area contributed by atoms with Crippen molar-refractivity contribution >= 4 is 30.3 Å². The summed E-state index contributed by atoms with van der Waals surface area (Å²) in [6.07, 6.45) is 1.16. The number of anilines is 1. The molecule has 4 atom stereocenters. The molecule has 0 spiro atoms. The van der Waals surface area contributed by atoms with Crippen molar-refractivity contribution in [3.05, 3.63) is 96.7 Å². The largest absolute Gasteiger partial charge is 0.464 e. The summed E-state index contributed by atoms with van der Waals surface area (Å²) in [6, 6.07) is 18.3. The quantitative estimate of drug-likeness (QED) is 0.150. The van der Waals surface area contributed by atoms with Gasteiger partial charge in [-0.2, -0.15) is 0 Å². The Kier molecular flexibility index (Phi) is 9.52. The molecular formula is C30H33FN5O6P. The van der Waals surface area contributed by atoms with Crippen LogP contribution in [0.2, 0.25) is 0 Å². The van der Waals surface area contributed by atoms with E-state index in [-0.39, 0.29) is 24.7 Å². The molecule has 1 aliphatic heterocycles. The predicted molar refractivity (Wildman–Crippen MR) is 159 cm³/mol. The van der Waals surface area contributed by atoms with Crippen LogP contribution in [0.3, 0.4) is 0 Å². The van der Waals surface area contributed by atoms with Crippen molar-refractivity contribution in [2.45, 2.75) is 38.8 Å². The van der Waals surface area contributed by atoms with Crippen LogP contribution in [0.1, 0.15) is 25.6 Å². The number of halogens is 1. The molecule has 2 aromatic heterocycles. The number of fused-ring (bicyclic) bond motifs is 1. The molecule has 0 radical (unpaired) electrons. The third kappa shape index (κ3) is 7.66. The Hall–Kier alpha value is -4.09. The monoisotopic (exact) mass is 609 g/mol. The van der Waals surface area contributed by atoms with Crippen LogP contribution in [0, 0.1) is 5.92 Å². The molecule has 3 N–H and O–H groups in total. The van der Waals surface area contributed by atoms with Gasteiger partial charge in [-0.15, -0.1) is 0 Å². The van der Waals surface area contributed by atoms with Gasteiger partial charge in [-0.25, -0.2) is 19.4 Å².